The molecular weight excluding hydrogens is 472 g/mol. The van der Waals surface area contributed by atoms with E-state index in [1.807, 2.05) is 43.3 Å². The summed E-state index contributed by atoms with van der Waals surface area (Å²) in [7, 11) is 3.12. The number of benzene rings is 3. The summed E-state index contributed by atoms with van der Waals surface area (Å²) in [6.45, 7) is 1.96. The second-order valence-corrected chi connectivity index (χ2v) is 9.16. The summed E-state index contributed by atoms with van der Waals surface area (Å²) in [5, 5.41) is 6.17. The summed E-state index contributed by atoms with van der Waals surface area (Å²) >= 11 is 7.34. The standard InChI is InChI=1S/C26H27ClN2O4S/c1-4-24(26(31)29-22-13-12-20(32-2)16-23(22)33-3)34-21-7-5-6-19(15-21)28-25(30)14-17-8-10-18(27)11-9-17/h5-13,15-16,24H,4,14H2,1-3H3,(H,28,30)(H,29,31). The van der Waals surface area contributed by atoms with Gasteiger partial charge in [0.2, 0.25) is 11.8 Å². The van der Waals surface area contributed by atoms with Crippen LogP contribution in [0, 0.1) is 0 Å². The highest BCUT2D eigenvalue weighted by Crippen LogP contribution is 2.32. The first-order valence-corrected chi connectivity index (χ1v) is 12.0. The number of carbonyl (C=O) groups excluding carboxylic acids is 2. The molecule has 0 aliphatic rings. The second kappa shape index (κ2) is 12.3. The van der Waals surface area contributed by atoms with Gasteiger partial charge < -0.3 is 20.1 Å². The van der Waals surface area contributed by atoms with E-state index in [1.54, 1.807) is 44.6 Å². The average Bonchev–Trinajstić information content (AvgIpc) is 2.84. The Balaban J connectivity index is 1.63. The summed E-state index contributed by atoms with van der Waals surface area (Å²) in [5.74, 6) is 0.915. The highest BCUT2D eigenvalue weighted by Gasteiger charge is 2.20. The summed E-state index contributed by atoms with van der Waals surface area (Å²) in [4.78, 5) is 26.3. The molecule has 6 nitrogen and oxygen atoms in total. The fourth-order valence-electron chi connectivity index (χ4n) is 3.24. The highest BCUT2D eigenvalue weighted by atomic mass is 35.5. The van der Waals surface area contributed by atoms with Crippen molar-refractivity contribution in [2.45, 2.75) is 29.9 Å². The van der Waals surface area contributed by atoms with Crippen LogP contribution in [0.25, 0.3) is 0 Å². The van der Waals surface area contributed by atoms with Crippen LogP contribution in [0.3, 0.4) is 0 Å². The van der Waals surface area contributed by atoms with Crippen molar-refractivity contribution in [2.24, 2.45) is 0 Å². The van der Waals surface area contributed by atoms with Gasteiger partial charge in [0.25, 0.3) is 0 Å². The lowest BCUT2D eigenvalue weighted by molar-refractivity contribution is -0.116. The van der Waals surface area contributed by atoms with Crippen molar-refractivity contribution < 1.29 is 19.1 Å². The van der Waals surface area contributed by atoms with Gasteiger partial charge in [-0.3, -0.25) is 9.59 Å². The molecule has 0 aromatic heterocycles. The van der Waals surface area contributed by atoms with Crippen molar-refractivity contribution in [2.75, 3.05) is 24.9 Å². The Morgan fingerprint density at radius 3 is 2.41 bits per heavy atom. The van der Waals surface area contributed by atoms with E-state index in [2.05, 4.69) is 10.6 Å². The number of methoxy groups -OCH3 is 2. The minimum atomic E-state index is -0.327. The molecule has 178 valence electrons. The lowest BCUT2D eigenvalue weighted by Gasteiger charge is -2.17. The van der Waals surface area contributed by atoms with Gasteiger partial charge in [0, 0.05) is 21.7 Å². The van der Waals surface area contributed by atoms with Crippen LogP contribution >= 0.6 is 23.4 Å². The number of thioether (sulfide) groups is 1. The van der Waals surface area contributed by atoms with Crippen LogP contribution in [-0.4, -0.2) is 31.3 Å². The van der Waals surface area contributed by atoms with Crippen molar-refractivity contribution in [3.05, 3.63) is 77.3 Å². The summed E-state index contributed by atoms with van der Waals surface area (Å²) < 4.78 is 10.6. The zero-order valence-electron chi connectivity index (χ0n) is 19.3. The number of halogens is 1. The summed E-state index contributed by atoms with van der Waals surface area (Å²) in [5.41, 5.74) is 2.13. The molecule has 0 saturated carbocycles. The van der Waals surface area contributed by atoms with Gasteiger partial charge in [0.1, 0.15) is 11.5 Å². The topological polar surface area (TPSA) is 76.7 Å². The number of hydrogen-bond donors (Lipinski definition) is 2. The lowest BCUT2D eigenvalue weighted by atomic mass is 10.1. The average molecular weight is 499 g/mol. The maximum absolute atomic E-state index is 13.0. The molecule has 1 atom stereocenters. The zero-order valence-corrected chi connectivity index (χ0v) is 20.8. The smallest absolute Gasteiger partial charge is 0.237 e. The monoisotopic (exact) mass is 498 g/mol. The number of amides is 2. The van der Waals surface area contributed by atoms with Crippen molar-refractivity contribution >= 4 is 46.6 Å². The number of carbonyl (C=O) groups is 2. The van der Waals surface area contributed by atoms with Crippen molar-refractivity contribution in [3.63, 3.8) is 0 Å². The molecule has 0 saturated heterocycles. The predicted octanol–water partition coefficient (Wildman–Crippen LogP) is 6.05. The van der Waals surface area contributed by atoms with E-state index in [4.69, 9.17) is 21.1 Å². The molecule has 1 unspecified atom stereocenters. The third kappa shape index (κ3) is 7.17. The largest absolute Gasteiger partial charge is 0.497 e. The maximum Gasteiger partial charge on any atom is 0.237 e. The van der Waals surface area contributed by atoms with Gasteiger partial charge in [-0.2, -0.15) is 0 Å². The SMILES string of the molecule is CCC(Sc1cccc(NC(=O)Cc2ccc(Cl)cc2)c1)C(=O)Nc1ccc(OC)cc1OC. The second-order valence-electron chi connectivity index (χ2n) is 7.45. The Morgan fingerprint density at radius 2 is 1.74 bits per heavy atom. The molecule has 2 amide bonds. The Labute approximate surface area is 209 Å². The van der Waals surface area contributed by atoms with Gasteiger partial charge in [-0.1, -0.05) is 36.7 Å². The molecule has 8 heteroatoms. The molecule has 0 radical (unpaired) electrons. The molecule has 2 N–H and O–H groups in total. The fraction of sp³-hybridized carbons (Fsp3) is 0.231. The fourth-order valence-corrected chi connectivity index (χ4v) is 4.38. The van der Waals surface area contributed by atoms with Crippen LogP contribution < -0.4 is 20.1 Å². The maximum atomic E-state index is 13.0. The van der Waals surface area contributed by atoms with Gasteiger partial charge in [0.15, 0.2) is 0 Å². The highest BCUT2D eigenvalue weighted by molar-refractivity contribution is 8.00. The molecule has 0 aliphatic carbocycles. The summed E-state index contributed by atoms with van der Waals surface area (Å²) in [6, 6.07) is 19.9. The molecule has 0 aliphatic heterocycles. The first-order chi connectivity index (χ1) is 16.4. The molecular formula is C26H27ClN2O4S. The van der Waals surface area contributed by atoms with Gasteiger partial charge >= 0.3 is 0 Å². The van der Waals surface area contributed by atoms with Gasteiger partial charge in [-0.15, -0.1) is 11.8 Å². The number of ether oxygens (including phenoxy) is 2. The van der Waals surface area contributed by atoms with E-state index in [1.165, 1.54) is 11.8 Å². The molecule has 3 aromatic rings. The Hall–Kier alpha value is -3.16. The quantitative estimate of drug-likeness (QED) is 0.333. The molecule has 3 rings (SSSR count). The van der Waals surface area contributed by atoms with Gasteiger partial charge in [-0.25, -0.2) is 0 Å². The Kier molecular flexibility index (Phi) is 9.24. The summed E-state index contributed by atoms with van der Waals surface area (Å²) in [6.07, 6.45) is 0.875. The van der Waals surface area contributed by atoms with Crippen LogP contribution in [0.15, 0.2) is 71.6 Å². The first kappa shape index (κ1) is 25.5. The van der Waals surface area contributed by atoms with Crippen LogP contribution in [0.1, 0.15) is 18.9 Å². The first-order valence-electron chi connectivity index (χ1n) is 10.8. The van der Waals surface area contributed by atoms with Crippen LogP contribution in [0.5, 0.6) is 11.5 Å². The normalized spacial score (nSPS) is 11.4. The Morgan fingerprint density at radius 1 is 0.971 bits per heavy atom. The van der Waals surface area contributed by atoms with Gasteiger partial charge in [-0.05, 0) is 54.4 Å². The van der Waals surface area contributed by atoms with E-state index in [-0.39, 0.29) is 23.5 Å². The lowest BCUT2D eigenvalue weighted by Crippen LogP contribution is -2.24. The van der Waals surface area contributed by atoms with Crippen LogP contribution in [-0.2, 0) is 16.0 Å². The number of anilines is 2. The van der Waals surface area contributed by atoms with E-state index < -0.39 is 0 Å². The van der Waals surface area contributed by atoms with E-state index in [9.17, 15) is 9.59 Å². The molecule has 0 fully saturated rings. The third-order valence-corrected chi connectivity index (χ3v) is 6.61. The minimum Gasteiger partial charge on any atom is -0.497 e. The molecule has 0 spiro atoms. The number of hydrogen-bond acceptors (Lipinski definition) is 5. The minimum absolute atomic E-state index is 0.124. The predicted molar refractivity (Wildman–Crippen MR) is 138 cm³/mol. The van der Waals surface area contributed by atoms with Crippen LogP contribution in [0.4, 0.5) is 11.4 Å². The third-order valence-electron chi connectivity index (χ3n) is 5.00. The Bertz CT molecular complexity index is 1140. The van der Waals surface area contributed by atoms with E-state index in [0.29, 0.717) is 34.3 Å². The van der Waals surface area contributed by atoms with E-state index in [0.717, 1.165) is 10.5 Å². The van der Waals surface area contributed by atoms with Crippen molar-refractivity contribution in [3.8, 4) is 11.5 Å². The molecule has 0 heterocycles. The van der Waals surface area contributed by atoms with Gasteiger partial charge in [0.05, 0.1) is 31.6 Å². The van der Waals surface area contributed by atoms with Crippen molar-refractivity contribution in [1.29, 1.82) is 0 Å². The number of nitrogens with one attached hydrogen (secondary N) is 2. The van der Waals surface area contributed by atoms with Crippen LogP contribution in [0.2, 0.25) is 5.02 Å². The number of rotatable bonds is 10. The van der Waals surface area contributed by atoms with Crippen molar-refractivity contribution in [1.82, 2.24) is 0 Å². The molecule has 3 aromatic carbocycles. The zero-order chi connectivity index (χ0) is 24.5. The van der Waals surface area contributed by atoms with E-state index >= 15 is 0 Å². The molecule has 34 heavy (non-hydrogen) atoms. The molecule has 0 bridgehead atoms.